The van der Waals surface area contributed by atoms with Crippen molar-refractivity contribution in [2.45, 2.75) is 19.4 Å². The normalized spacial score (nSPS) is 17.2. The van der Waals surface area contributed by atoms with Crippen LogP contribution in [-0.2, 0) is 20.7 Å². The molecular weight excluding hydrogens is 593 g/mol. The van der Waals surface area contributed by atoms with Crippen LogP contribution < -0.4 is 26.6 Å². The van der Waals surface area contributed by atoms with Crippen molar-refractivity contribution >= 4 is 40.8 Å². The molecule has 2 amide bonds. The lowest BCUT2D eigenvalue weighted by Crippen LogP contribution is -2.47. The van der Waals surface area contributed by atoms with Crippen molar-refractivity contribution < 1.29 is 33.4 Å². The van der Waals surface area contributed by atoms with Gasteiger partial charge in [-0.15, -0.1) is 0 Å². The molecule has 1 fully saturated rings. The molecule has 0 aliphatic carbocycles. The van der Waals surface area contributed by atoms with E-state index in [1.165, 1.54) is 47.4 Å². The Morgan fingerprint density at radius 3 is 2.55 bits per heavy atom. The molecule has 0 spiro atoms. The van der Waals surface area contributed by atoms with Crippen LogP contribution in [0.1, 0.15) is 34.5 Å². The molecular formula is C31H31ClFN5O6. The predicted octanol–water partition coefficient (Wildman–Crippen LogP) is 3.84. The number of nitrogens with two attached hydrogens (primary N) is 2. The third-order valence-electron chi connectivity index (χ3n) is 7.50. The van der Waals surface area contributed by atoms with E-state index < -0.39 is 29.6 Å². The minimum Gasteiger partial charge on any atom is -0.493 e. The SMILES string of the molecule is CC1(COc2cccc3c2CCN(C(=O)/C(N)=C/N(N)c2cccc(Cl)c2F)C3C(=O)Nc2ccc(C(=O)O)cc2)COC1. The highest BCUT2D eigenvalue weighted by Gasteiger charge is 2.39. The highest BCUT2D eigenvalue weighted by molar-refractivity contribution is 6.31. The van der Waals surface area contributed by atoms with Crippen molar-refractivity contribution in [3.05, 3.63) is 100 Å². The molecule has 2 aliphatic heterocycles. The zero-order chi connectivity index (χ0) is 31.6. The van der Waals surface area contributed by atoms with Gasteiger partial charge >= 0.3 is 5.97 Å². The van der Waals surface area contributed by atoms with E-state index in [2.05, 4.69) is 12.2 Å². The van der Waals surface area contributed by atoms with E-state index in [1.54, 1.807) is 12.1 Å². The number of fused-ring (bicyclic) bond motifs is 1. The summed E-state index contributed by atoms with van der Waals surface area (Å²) in [5, 5.41) is 12.7. The largest absolute Gasteiger partial charge is 0.493 e. The van der Waals surface area contributed by atoms with Crippen molar-refractivity contribution in [1.82, 2.24) is 4.90 Å². The lowest BCUT2D eigenvalue weighted by molar-refractivity contribution is -0.136. The van der Waals surface area contributed by atoms with Gasteiger partial charge in [0, 0.05) is 23.2 Å². The number of ether oxygens (including phenoxy) is 2. The van der Waals surface area contributed by atoms with Crippen molar-refractivity contribution in [3.63, 3.8) is 0 Å². The van der Waals surface area contributed by atoms with Crippen molar-refractivity contribution in [2.24, 2.45) is 17.0 Å². The van der Waals surface area contributed by atoms with Gasteiger partial charge in [0.25, 0.3) is 11.8 Å². The minimum absolute atomic E-state index is 0.0514. The third kappa shape index (κ3) is 6.32. The summed E-state index contributed by atoms with van der Waals surface area (Å²) >= 11 is 5.87. The number of amides is 2. The number of hydrazine groups is 1. The van der Waals surface area contributed by atoms with Gasteiger partial charge in [0.1, 0.15) is 17.5 Å². The summed E-state index contributed by atoms with van der Waals surface area (Å²) < 4.78 is 26.1. The van der Waals surface area contributed by atoms with E-state index in [4.69, 9.17) is 32.7 Å². The van der Waals surface area contributed by atoms with E-state index in [1.807, 2.05) is 6.07 Å². The molecule has 1 saturated heterocycles. The standard InChI is InChI=1S/C31H31ClFN5O6/c1-31(15-43-16-31)17-44-25-7-2-4-21-20(25)12-13-37(27(21)28(39)36-19-10-8-18(9-11-19)30(41)42)29(40)23(34)14-38(35)24-6-3-5-22(32)26(24)33/h2-11,14,27H,12-13,15-17,34-35H2,1H3,(H,36,39)(H,41,42)/b23-14-. The number of nitrogens with zero attached hydrogens (tertiary/aromatic N) is 2. The second kappa shape index (κ2) is 12.5. The van der Waals surface area contributed by atoms with Crippen LogP contribution in [0.15, 0.2) is 72.6 Å². The fraction of sp³-hybridized carbons (Fsp3) is 0.258. The number of carboxylic acid groups (broad SMARTS) is 1. The number of rotatable bonds is 9. The monoisotopic (exact) mass is 623 g/mol. The quantitative estimate of drug-likeness (QED) is 0.158. The number of hydrogen-bond acceptors (Lipinski definition) is 8. The van der Waals surface area contributed by atoms with E-state index in [-0.39, 0.29) is 33.9 Å². The fourth-order valence-corrected chi connectivity index (χ4v) is 5.27. The van der Waals surface area contributed by atoms with Crippen molar-refractivity contribution in [1.29, 1.82) is 0 Å². The molecule has 11 nitrogen and oxygen atoms in total. The maximum atomic E-state index is 14.5. The topological polar surface area (TPSA) is 160 Å². The zero-order valence-corrected chi connectivity index (χ0v) is 24.5. The number of aromatic carboxylic acids is 1. The van der Waals surface area contributed by atoms with Crippen LogP contribution in [0.3, 0.4) is 0 Å². The number of halogens is 2. The second-order valence-electron chi connectivity index (χ2n) is 11.0. The number of carboxylic acids is 1. The Kier molecular flexibility index (Phi) is 8.77. The van der Waals surface area contributed by atoms with Crippen LogP contribution in [0, 0.1) is 11.2 Å². The van der Waals surface area contributed by atoms with Crippen LogP contribution in [0.2, 0.25) is 5.02 Å². The van der Waals surface area contributed by atoms with E-state index in [0.29, 0.717) is 43.2 Å². The molecule has 3 aromatic rings. The van der Waals surface area contributed by atoms with Crippen LogP contribution in [0.5, 0.6) is 5.75 Å². The molecule has 0 aromatic heterocycles. The molecule has 0 bridgehead atoms. The Bertz CT molecular complexity index is 1630. The average Bonchev–Trinajstić information content (AvgIpc) is 2.99. The smallest absolute Gasteiger partial charge is 0.335 e. The van der Waals surface area contributed by atoms with Crippen LogP contribution in [0.4, 0.5) is 15.8 Å². The molecule has 5 rings (SSSR count). The first-order valence-corrected chi connectivity index (χ1v) is 14.1. The van der Waals surface area contributed by atoms with E-state index in [0.717, 1.165) is 16.8 Å². The van der Waals surface area contributed by atoms with Crippen LogP contribution in [-0.4, -0.2) is 54.2 Å². The number of anilines is 2. The van der Waals surface area contributed by atoms with Gasteiger partial charge in [-0.05, 0) is 54.4 Å². The summed E-state index contributed by atoms with van der Waals surface area (Å²) in [5.41, 5.74) is 7.29. The van der Waals surface area contributed by atoms with Gasteiger partial charge in [-0.3, -0.25) is 14.6 Å². The molecule has 3 aromatic carbocycles. The first kappa shape index (κ1) is 30.8. The number of hydrogen-bond donors (Lipinski definition) is 4. The zero-order valence-electron chi connectivity index (χ0n) is 23.8. The Labute approximate surface area is 257 Å². The molecule has 13 heteroatoms. The summed E-state index contributed by atoms with van der Waals surface area (Å²) in [6, 6.07) is 14.0. The minimum atomic E-state index is -1.14. The summed E-state index contributed by atoms with van der Waals surface area (Å²) in [7, 11) is 0. The Morgan fingerprint density at radius 2 is 1.89 bits per heavy atom. The summed E-state index contributed by atoms with van der Waals surface area (Å²) in [5.74, 6) is 3.44. The Hall–Kier alpha value is -4.65. The molecule has 6 N–H and O–H groups in total. The van der Waals surface area contributed by atoms with Gasteiger partial charge in [-0.2, -0.15) is 0 Å². The molecule has 2 heterocycles. The van der Waals surface area contributed by atoms with E-state index >= 15 is 0 Å². The van der Waals surface area contributed by atoms with Crippen LogP contribution >= 0.6 is 11.6 Å². The summed E-state index contributed by atoms with van der Waals surface area (Å²) in [6.45, 7) is 3.75. The number of benzene rings is 3. The molecule has 230 valence electrons. The third-order valence-corrected chi connectivity index (χ3v) is 7.79. The Balaban J connectivity index is 1.46. The van der Waals surface area contributed by atoms with Gasteiger partial charge in [0.15, 0.2) is 5.82 Å². The van der Waals surface area contributed by atoms with E-state index in [9.17, 15) is 23.9 Å². The summed E-state index contributed by atoms with van der Waals surface area (Å²) in [6.07, 6.45) is 1.43. The van der Waals surface area contributed by atoms with Gasteiger partial charge in [-0.25, -0.2) is 15.0 Å². The first-order chi connectivity index (χ1) is 21.0. The number of nitrogens with one attached hydrogen (secondary N) is 1. The lowest BCUT2D eigenvalue weighted by atomic mass is 9.89. The van der Waals surface area contributed by atoms with Gasteiger partial charge in [0.05, 0.1) is 42.3 Å². The molecule has 44 heavy (non-hydrogen) atoms. The maximum Gasteiger partial charge on any atom is 0.335 e. The molecule has 0 radical (unpaired) electrons. The summed E-state index contributed by atoms with van der Waals surface area (Å²) in [4.78, 5) is 40.2. The lowest BCUT2D eigenvalue weighted by Gasteiger charge is -2.39. The molecule has 0 saturated carbocycles. The second-order valence-corrected chi connectivity index (χ2v) is 11.4. The Morgan fingerprint density at radius 1 is 1.18 bits per heavy atom. The average molecular weight is 624 g/mol. The van der Waals surface area contributed by atoms with Crippen molar-refractivity contribution in [3.8, 4) is 5.75 Å². The molecule has 1 unspecified atom stereocenters. The van der Waals surface area contributed by atoms with Gasteiger partial charge in [-0.1, -0.05) is 36.7 Å². The highest BCUT2D eigenvalue weighted by atomic mass is 35.5. The predicted molar refractivity (Wildman–Crippen MR) is 161 cm³/mol. The molecule has 2 aliphatic rings. The number of carbonyl (C=O) groups is 3. The maximum absolute atomic E-state index is 14.5. The number of carbonyl (C=O) groups excluding carboxylic acids is 2. The highest BCUT2D eigenvalue weighted by Crippen LogP contribution is 2.38. The van der Waals surface area contributed by atoms with Crippen molar-refractivity contribution in [2.75, 3.05) is 36.7 Å². The first-order valence-electron chi connectivity index (χ1n) is 13.7. The molecule has 1 atom stereocenters. The fourth-order valence-electron chi connectivity index (χ4n) is 5.10. The van der Waals surface area contributed by atoms with Crippen LogP contribution in [0.25, 0.3) is 0 Å². The van der Waals surface area contributed by atoms with Gasteiger partial charge in [0.2, 0.25) is 0 Å². The van der Waals surface area contributed by atoms with Gasteiger partial charge < -0.3 is 30.5 Å².